The number of rotatable bonds is 8. The number of alkyl halides is 2. The van der Waals surface area contributed by atoms with Gasteiger partial charge in [0.25, 0.3) is 5.91 Å². The van der Waals surface area contributed by atoms with Crippen LogP contribution < -0.4 is 14.8 Å². The van der Waals surface area contributed by atoms with E-state index in [1.54, 1.807) is 25.1 Å². The van der Waals surface area contributed by atoms with E-state index in [0.717, 1.165) is 0 Å². The molecular weight excluding hydrogens is 426 g/mol. The van der Waals surface area contributed by atoms with Crippen molar-refractivity contribution < 1.29 is 37.7 Å². The zero-order valence-corrected chi connectivity index (χ0v) is 17.2. The summed E-state index contributed by atoms with van der Waals surface area (Å²) in [6.45, 7) is -1.83. The molecule has 32 heavy (non-hydrogen) atoms. The van der Waals surface area contributed by atoms with E-state index in [9.17, 15) is 23.2 Å². The number of aliphatic carboxylic acids is 1. The smallest absolute Gasteiger partial charge is 0.387 e. The van der Waals surface area contributed by atoms with E-state index in [1.807, 2.05) is 0 Å². The molecule has 0 saturated carbocycles. The second kappa shape index (κ2) is 9.46. The van der Waals surface area contributed by atoms with Gasteiger partial charge in [-0.05, 0) is 55.0 Å². The van der Waals surface area contributed by atoms with Gasteiger partial charge in [0.1, 0.15) is 18.0 Å². The van der Waals surface area contributed by atoms with Crippen molar-refractivity contribution in [2.45, 2.75) is 20.0 Å². The van der Waals surface area contributed by atoms with Crippen molar-refractivity contribution in [2.24, 2.45) is 0 Å². The Hall–Kier alpha value is -3.95. The molecule has 3 rings (SSSR count). The van der Waals surface area contributed by atoms with Crippen LogP contribution in [0.3, 0.4) is 0 Å². The number of aromatic nitrogens is 1. The molecule has 1 aromatic heterocycles. The lowest BCUT2D eigenvalue weighted by Crippen LogP contribution is -2.30. The van der Waals surface area contributed by atoms with Gasteiger partial charge in [-0.25, -0.2) is 0 Å². The predicted octanol–water partition coefficient (Wildman–Crippen LogP) is 2.99. The highest BCUT2D eigenvalue weighted by molar-refractivity contribution is 6.05. The molecule has 0 saturated heterocycles. The van der Waals surface area contributed by atoms with Crippen molar-refractivity contribution in [3.05, 3.63) is 59.3 Å². The van der Waals surface area contributed by atoms with Crippen LogP contribution in [-0.4, -0.2) is 47.7 Å². The van der Waals surface area contributed by atoms with E-state index in [2.05, 4.69) is 10.1 Å². The van der Waals surface area contributed by atoms with Crippen LogP contribution in [0.5, 0.6) is 11.5 Å². The first-order valence-electron chi connectivity index (χ1n) is 9.47. The fraction of sp³-hybridized carbons (Fsp3) is 0.227. The fourth-order valence-corrected chi connectivity index (χ4v) is 3.38. The molecule has 1 heterocycles. The zero-order valence-electron chi connectivity index (χ0n) is 17.2. The summed E-state index contributed by atoms with van der Waals surface area (Å²) in [7, 11) is 1.48. The maximum atomic E-state index is 13.2. The molecule has 2 aromatic carbocycles. The summed E-state index contributed by atoms with van der Waals surface area (Å²) < 4.78 is 35.7. The van der Waals surface area contributed by atoms with Crippen molar-refractivity contribution in [3.63, 3.8) is 0 Å². The van der Waals surface area contributed by atoms with E-state index in [0.29, 0.717) is 27.9 Å². The Kier molecular flexibility index (Phi) is 6.72. The summed E-state index contributed by atoms with van der Waals surface area (Å²) in [5.41, 5.74) is 1.76. The second-order valence-electron chi connectivity index (χ2n) is 6.84. The number of carboxylic acid groups (broad SMARTS) is 1. The highest BCUT2D eigenvalue weighted by Crippen LogP contribution is 2.31. The van der Waals surface area contributed by atoms with E-state index in [1.165, 1.54) is 35.9 Å². The molecule has 0 aliphatic rings. The lowest BCUT2D eigenvalue weighted by Gasteiger charge is -2.09. The molecule has 0 spiro atoms. The number of carbonyl (C=O) groups excluding carboxylic acids is 2. The van der Waals surface area contributed by atoms with Crippen molar-refractivity contribution in [1.82, 2.24) is 9.88 Å². The second-order valence-corrected chi connectivity index (χ2v) is 6.84. The maximum Gasteiger partial charge on any atom is 0.387 e. The first kappa shape index (κ1) is 22.7. The Balaban J connectivity index is 2.02. The number of fused-ring (bicyclic) bond motifs is 1. The number of hydrogen-bond acceptors (Lipinski definition) is 5. The van der Waals surface area contributed by atoms with Crippen LogP contribution in [0.2, 0.25) is 0 Å². The van der Waals surface area contributed by atoms with Gasteiger partial charge in [0.2, 0.25) is 5.91 Å². The van der Waals surface area contributed by atoms with Crippen LogP contribution >= 0.6 is 0 Å². The summed E-state index contributed by atoms with van der Waals surface area (Å²) in [6, 6.07) is 10.3. The van der Waals surface area contributed by atoms with Crippen molar-refractivity contribution in [3.8, 4) is 11.5 Å². The minimum absolute atomic E-state index is 0.0776. The molecule has 168 valence electrons. The molecule has 0 aliphatic carbocycles. The number of halogens is 2. The minimum atomic E-state index is -2.97. The number of hydrogen-bond donors (Lipinski definition) is 2. The molecule has 0 unspecified atom stereocenters. The number of benzene rings is 2. The SMILES string of the molecule is COc1ccc2c(c1)c(CC(=O)NCC(=O)O)c(C)n2C(=O)c1ccc(OC(F)F)cc1. The van der Waals surface area contributed by atoms with Crippen LogP contribution in [0.1, 0.15) is 21.6 Å². The van der Waals surface area contributed by atoms with Crippen molar-refractivity contribution in [1.29, 1.82) is 0 Å². The van der Waals surface area contributed by atoms with Crippen molar-refractivity contribution >= 4 is 28.7 Å². The largest absolute Gasteiger partial charge is 0.497 e. The third kappa shape index (κ3) is 4.85. The van der Waals surface area contributed by atoms with Crippen LogP contribution in [0.15, 0.2) is 42.5 Å². The minimum Gasteiger partial charge on any atom is -0.497 e. The zero-order chi connectivity index (χ0) is 23.4. The molecule has 3 aromatic rings. The van der Waals surface area contributed by atoms with Gasteiger partial charge in [0.05, 0.1) is 19.0 Å². The molecule has 0 bridgehead atoms. The standard InChI is InChI=1S/C22H20F2N2O6/c1-12-16(10-19(27)25-11-20(28)29)17-9-15(31-2)7-8-18(17)26(12)21(30)13-3-5-14(6-4-13)32-22(23)24/h3-9,22H,10-11H2,1-2H3,(H,25,27)(H,28,29). The van der Waals surface area contributed by atoms with Gasteiger partial charge in [0.15, 0.2) is 0 Å². The summed E-state index contributed by atoms with van der Waals surface area (Å²) >= 11 is 0. The lowest BCUT2D eigenvalue weighted by molar-refractivity contribution is -0.137. The Morgan fingerprint density at radius 2 is 1.75 bits per heavy atom. The average molecular weight is 446 g/mol. The Bertz CT molecular complexity index is 1170. The fourth-order valence-electron chi connectivity index (χ4n) is 3.38. The Labute approximate surface area is 181 Å². The first-order valence-corrected chi connectivity index (χ1v) is 9.47. The van der Waals surface area contributed by atoms with Gasteiger partial charge in [-0.1, -0.05) is 0 Å². The molecule has 1 amide bonds. The average Bonchev–Trinajstić information content (AvgIpc) is 3.02. The highest BCUT2D eigenvalue weighted by Gasteiger charge is 2.22. The van der Waals surface area contributed by atoms with Crippen LogP contribution in [0, 0.1) is 6.92 Å². The van der Waals surface area contributed by atoms with Crippen LogP contribution in [-0.2, 0) is 16.0 Å². The molecule has 8 nitrogen and oxygen atoms in total. The summed E-state index contributed by atoms with van der Waals surface area (Å²) in [5, 5.41) is 11.7. The number of amides is 1. The van der Waals surface area contributed by atoms with Crippen molar-refractivity contribution in [2.75, 3.05) is 13.7 Å². The summed E-state index contributed by atoms with van der Waals surface area (Å²) in [5.74, 6) is -1.68. The third-order valence-corrected chi connectivity index (χ3v) is 4.85. The normalized spacial score (nSPS) is 10.9. The molecule has 0 fully saturated rings. The summed E-state index contributed by atoms with van der Waals surface area (Å²) in [6.07, 6.45) is -0.149. The molecule has 0 radical (unpaired) electrons. The van der Waals surface area contributed by atoms with Gasteiger partial charge in [-0.15, -0.1) is 0 Å². The number of nitrogens with zero attached hydrogens (tertiary/aromatic N) is 1. The lowest BCUT2D eigenvalue weighted by atomic mass is 10.1. The van der Waals surface area contributed by atoms with E-state index >= 15 is 0 Å². The maximum absolute atomic E-state index is 13.2. The third-order valence-electron chi connectivity index (χ3n) is 4.85. The highest BCUT2D eigenvalue weighted by atomic mass is 19.3. The molecule has 0 atom stereocenters. The number of nitrogens with one attached hydrogen (secondary N) is 1. The van der Waals surface area contributed by atoms with E-state index < -0.39 is 30.9 Å². The topological polar surface area (TPSA) is 107 Å². The van der Waals surface area contributed by atoms with Gasteiger partial charge >= 0.3 is 12.6 Å². The summed E-state index contributed by atoms with van der Waals surface area (Å²) in [4.78, 5) is 36.2. The van der Waals surface area contributed by atoms with E-state index in [4.69, 9.17) is 9.84 Å². The Morgan fingerprint density at radius 3 is 2.34 bits per heavy atom. The monoisotopic (exact) mass is 446 g/mol. The molecule has 0 aliphatic heterocycles. The van der Waals surface area contributed by atoms with Gasteiger partial charge in [-0.2, -0.15) is 8.78 Å². The number of carboxylic acids is 1. The quantitative estimate of drug-likeness (QED) is 0.551. The molecule has 2 N–H and O–H groups in total. The van der Waals surface area contributed by atoms with Gasteiger partial charge < -0.3 is 19.9 Å². The predicted molar refractivity (Wildman–Crippen MR) is 110 cm³/mol. The molecule has 10 heteroatoms. The van der Waals surface area contributed by atoms with Crippen LogP contribution in [0.25, 0.3) is 10.9 Å². The number of ether oxygens (including phenoxy) is 2. The molecular formula is C22H20F2N2O6. The van der Waals surface area contributed by atoms with Crippen LogP contribution in [0.4, 0.5) is 8.78 Å². The van der Waals surface area contributed by atoms with E-state index in [-0.39, 0.29) is 17.7 Å². The number of methoxy groups -OCH3 is 1. The number of carbonyl (C=O) groups is 3. The van der Waals surface area contributed by atoms with Gasteiger partial charge in [0, 0.05) is 16.6 Å². The Morgan fingerprint density at radius 1 is 1.09 bits per heavy atom. The first-order chi connectivity index (χ1) is 15.2. The van der Waals surface area contributed by atoms with Gasteiger partial charge in [-0.3, -0.25) is 19.0 Å².